The van der Waals surface area contributed by atoms with Crippen LogP contribution >= 0.6 is 34.9 Å². The minimum absolute atomic E-state index is 0.00799. The van der Waals surface area contributed by atoms with Gasteiger partial charge in [-0.1, -0.05) is 77.4 Å². The van der Waals surface area contributed by atoms with Crippen molar-refractivity contribution in [2.75, 3.05) is 11.5 Å². The molecule has 0 unspecified atom stereocenters. The van der Waals surface area contributed by atoms with Crippen LogP contribution in [0.4, 0.5) is 0 Å². The number of Topliss-reactive ketones (excluding diaryl/α,β-unsaturated/α-hetero) is 2. The Hall–Kier alpha value is -3.28. The fourth-order valence-corrected chi connectivity index (χ4v) is 6.30. The van der Waals surface area contributed by atoms with Gasteiger partial charge in [0.1, 0.15) is 23.2 Å². The number of fused-ring (bicyclic) bond motifs is 2. The van der Waals surface area contributed by atoms with Gasteiger partial charge in [-0.05, 0) is 23.8 Å². The van der Waals surface area contributed by atoms with Gasteiger partial charge in [0, 0.05) is 5.39 Å². The molecule has 0 amide bonds. The van der Waals surface area contributed by atoms with E-state index in [4.69, 9.17) is 9.15 Å². The second-order valence-electron chi connectivity index (χ2n) is 7.53. The first kappa shape index (κ1) is 23.5. The number of allylic oxidation sites excluding steroid dienone is 2. The summed E-state index contributed by atoms with van der Waals surface area (Å²) in [5.41, 5.74) is 0.519. The minimum Gasteiger partial charge on any atom is -0.452 e. The molecule has 0 N–H and O–H groups in total. The quantitative estimate of drug-likeness (QED) is 0.141. The normalized spacial score (nSPS) is 18.7. The molecule has 2 atom stereocenters. The third-order valence-corrected chi connectivity index (χ3v) is 8.42. The van der Waals surface area contributed by atoms with E-state index < -0.39 is 23.6 Å². The molecule has 0 saturated carbocycles. The van der Waals surface area contributed by atoms with Gasteiger partial charge in [-0.3, -0.25) is 14.4 Å². The molecule has 0 bridgehead atoms. The number of esters is 1. The number of aromatic nitrogens is 2. The molecule has 176 valence electrons. The molecule has 0 spiro atoms. The van der Waals surface area contributed by atoms with Crippen molar-refractivity contribution < 1.29 is 23.5 Å². The molecule has 1 aromatic carbocycles. The number of carbonyl (C=O) groups is 3. The SMILES string of the molecule is O=C(CSc1nnc(SCC(=O)[C@H]2C=C3C=CC=C[C@@H]3OC2=O)s1)c1cc2ccccc2oc1=O. The van der Waals surface area contributed by atoms with Crippen LogP contribution in [0.25, 0.3) is 11.0 Å². The highest BCUT2D eigenvalue weighted by atomic mass is 32.2. The molecule has 3 heterocycles. The second kappa shape index (κ2) is 10.1. The second-order valence-corrected chi connectivity index (χ2v) is 11.0. The van der Waals surface area contributed by atoms with Crippen molar-refractivity contribution in [3.8, 4) is 0 Å². The van der Waals surface area contributed by atoms with E-state index in [1.165, 1.54) is 29.2 Å². The average Bonchev–Trinajstić information content (AvgIpc) is 3.33. The molecule has 35 heavy (non-hydrogen) atoms. The Bertz CT molecular complexity index is 1490. The van der Waals surface area contributed by atoms with Crippen LogP contribution in [0.1, 0.15) is 10.4 Å². The first-order valence-electron chi connectivity index (χ1n) is 10.4. The van der Waals surface area contributed by atoms with E-state index in [1.54, 1.807) is 42.5 Å². The summed E-state index contributed by atoms with van der Waals surface area (Å²) in [6.07, 6.45) is 8.42. The summed E-state index contributed by atoms with van der Waals surface area (Å²) in [6.45, 7) is 0. The highest BCUT2D eigenvalue weighted by Gasteiger charge is 2.34. The number of benzene rings is 1. The van der Waals surface area contributed by atoms with Gasteiger partial charge in [0.05, 0.1) is 11.5 Å². The van der Waals surface area contributed by atoms with E-state index >= 15 is 0 Å². The number of carbonyl (C=O) groups excluding carboxylic acids is 3. The van der Waals surface area contributed by atoms with Crippen molar-refractivity contribution >= 4 is 63.4 Å². The van der Waals surface area contributed by atoms with E-state index in [-0.39, 0.29) is 28.6 Å². The van der Waals surface area contributed by atoms with Gasteiger partial charge in [-0.15, -0.1) is 10.2 Å². The summed E-state index contributed by atoms with van der Waals surface area (Å²) >= 11 is 3.55. The Balaban J connectivity index is 1.17. The average molecular weight is 525 g/mol. The molecule has 0 fully saturated rings. The number of hydrogen-bond donors (Lipinski definition) is 0. The molecule has 2 aromatic heterocycles. The lowest BCUT2D eigenvalue weighted by molar-refractivity contribution is -0.152. The Morgan fingerprint density at radius 3 is 2.63 bits per heavy atom. The predicted octanol–water partition coefficient (Wildman–Crippen LogP) is 3.87. The van der Waals surface area contributed by atoms with Crippen LogP contribution in [-0.2, 0) is 14.3 Å². The Labute approximate surface area is 211 Å². The van der Waals surface area contributed by atoms with Crippen LogP contribution in [0.3, 0.4) is 0 Å². The van der Waals surface area contributed by atoms with E-state index in [0.717, 1.165) is 17.3 Å². The number of rotatable bonds is 8. The first-order chi connectivity index (χ1) is 17.0. The number of hydrogen-bond acceptors (Lipinski definition) is 11. The van der Waals surface area contributed by atoms with Gasteiger partial charge in [-0.2, -0.15) is 0 Å². The fourth-order valence-electron chi connectivity index (χ4n) is 3.48. The summed E-state index contributed by atoms with van der Waals surface area (Å²) in [7, 11) is 0. The van der Waals surface area contributed by atoms with Gasteiger partial charge in [0.15, 0.2) is 20.2 Å². The zero-order valence-corrected chi connectivity index (χ0v) is 20.4. The van der Waals surface area contributed by atoms with E-state index in [9.17, 15) is 19.2 Å². The lowest BCUT2D eigenvalue weighted by atomic mass is 9.93. The van der Waals surface area contributed by atoms with Gasteiger partial charge in [0.25, 0.3) is 0 Å². The first-order valence-corrected chi connectivity index (χ1v) is 13.2. The van der Waals surface area contributed by atoms with Crippen molar-refractivity contribution in [1.82, 2.24) is 10.2 Å². The van der Waals surface area contributed by atoms with Crippen molar-refractivity contribution in [3.63, 3.8) is 0 Å². The topological polar surface area (TPSA) is 116 Å². The molecule has 0 saturated heterocycles. The maximum Gasteiger partial charge on any atom is 0.347 e. The van der Waals surface area contributed by atoms with Crippen LogP contribution in [0.2, 0.25) is 0 Å². The standard InChI is InChI=1S/C24H16N2O6S3/c27-17(15-9-13-5-1-3-7-19(13)31-21(15)29)11-33-23-25-26-24(35-23)34-12-18(28)16-10-14-6-2-4-8-20(14)32-22(16)30/h1-10,15,19H,11-12H2/t15-,19+/m1/s1. The molecule has 2 aliphatic rings. The van der Waals surface area contributed by atoms with Crippen LogP contribution in [0, 0.1) is 5.92 Å². The number of nitrogens with zero attached hydrogens (tertiary/aromatic N) is 2. The molecule has 5 rings (SSSR count). The predicted molar refractivity (Wildman–Crippen MR) is 133 cm³/mol. The van der Waals surface area contributed by atoms with Gasteiger partial charge in [-0.25, -0.2) is 4.79 Å². The van der Waals surface area contributed by atoms with E-state index in [0.29, 0.717) is 19.6 Å². The molecule has 3 aromatic rings. The van der Waals surface area contributed by atoms with Crippen molar-refractivity contribution in [3.05, 3.63) is 82.3 Å². The van der Waals surface area contributed by atoms with Crippen LogP contribution < -0.4 is 5.63 Å². The Morgan fingerprint density at radius 1 is 1.03 bits per heavy atom. The monoisotopic (exact) mass is 524 g/mol. The summed E-state index contributed by atoms with van der Waals surface area (Å²) in [6, 6.07) is 8.51. The van der Waals surface area contributed by atoms with E-state index in [2.05, 4.69) is 10.2 Å². The minimum atomic E-state index is -0.946. The van der Waals surface area contributed by atoms with Gasteiger partial charge >= 0.3 is 11.6 Å². The molecular formula is C24H16N2O6S3. The molecule has 8 nitrogen and oxygen atoms in total. The molecule has 1 aliphatic heterocycles. The molecular weight excluding hydrogens is 508 g/mol. The smallest absolute Gasteiger partial charge is 0.347 e. The number of ether oxygens (including phenoxy) is 1. The summed E-state index contributed by atoms with van der Waals surface area (Å²) < 4.78 is 11.6. The zero-order valence-electron chi connectivity index (χ0n) is 17.9. The van der Waals surface area contributed by atoms with Crippen molar-refractivity contribution in [2.24, 2.45) is 5.92 Å². The van der Waals surface area contributed by atoms with Gasteiger partial charge in [0.2, 0.25) is 0 Å². The highest BCUT2D eigenvalue weighted by Crippen LogP contribution is 2.31. The molecule has 1 aliphatic carbocycles. The Kier molecular flexibility index (Phi) is 6.80. The van der Waals surface area contributed by atoms with Crippen LogP contribution in [-0.4, -0.2) is 45.3 Å². The maximum atomic E-state index is 12.6. The Morgan fingerprint density at radius 2 is 1.80 bits per heavy atom. The molecule has 0 radical (unpaired) electrons. The summed E-state index contributed by atoms with van der Waals surface area (Å²) in [4.78, 5) is 49.6. The molecule has 11 heteroatoms. The van der Waals surface area contributed by atoms with Crippen molar-refractivity contribution in [1.29, 1.82) is 0 Å². The highest BCUT2D eigenvalue weighted by molar-refractivity contribution is 8.03. The largest absolute Gasteiger partial charge is 0.452 e. The van der Waals surface area contributed by atoms with Crippen molar-refractivity contribution in [2.45, 2.75) is 14.8 Å². The summed E-state index contributed by atoms with van der Waals surface area (Å²) in [5.74, 6) is -2.14. The third-order valence-electron chi connectivity index (χ3n) is 5.21. The number of thioether (sulfide) groups is 2. The number of ketones is 2. The number of para-hydroxylation sites is 1. The maximum absolute atomic E-state index is 12.6. The van der Waals surface area contributed by atoms with Crippen LogP contribution in [0.15, 0.2) is 84.2 Å². The zero-order chi connectivity index (χ0) is 24.4. The summed E-state index contributed by atoms with van der Waals surface area (Å²) in [5, 5.41) is 8.75. The van der Waals surface area contributed by atoms with E-state index in [1.807, 2.05) is 12.2 Å². The lowest BCUT2D eigenvalue weighted by Crippen LogP contribution is -2.34. The fraction of sp³-hybridized carbons (Fsp3) is 0.167. The third kappa shape index (κ3) is 5.21. The van der Waals surface area contributed by atoms with Crippen LogP contribution in [0.5, 0.6) is 0 Å². The van der Waals surface area contributed by atoms with Gasteiger partial charge < -0.3 is 9.15 Å². The lowest BCUT2D eigenvalue weighted by Gasteiger charge is -2.25.